The molecule has 0 bridgehead atoms. The second-order valence-electron chi connectivity index (χ2n) is 7.24. The van der Waals surface area contributed by atoms with Crippen molar-refractivity contribution >= 4 is 39.2 Å². The largest absolute Gasteiger partial charge is 0.493 e. The van der Waals surface area contributed by atoms with E-state index in [2.05, 4.69) is 30.6 Å². The van der Waals surface area contributed by atoms with Crippen LogP contribution in [0.2, 0.25) is 0 Å². The van der Waals surface area contributed by atoms with E-state index < -0.39 is 0 Å². The number of ether oxygens (including phenoxy) is 1. The number of nitrogens with zero attached hydrogens (tertiary/aromatic N) is 5. The van der Waals surface area contributed by atoms with Gasteiger partial charge in [0.25, 0.3) is 5.91 Å². The number of carbonyl (C=O) groups is 1. The molecule has 0 saturated carbocycles. The van der Waals surface area contributed by atoms with E-state index in [1.165, 1.54) is 0 Å². The second-order valence-corrected chi connectivity index (χ2v) is 8.13. The summed E-state index contributed by atoms with van der Waals surface area (Å²) in [6, 6.07) is 9.51. The van der Waals surface area contributed by atoms with Gasteiger partial charge in [0.2, 0.25) is 5.95 Å². The van der Waals surface area contributed by atoms with Crippen molar-refractivity contribution in [3.8, 4) is 17.0 Å². The van der Waals surface area contributed by atoms with Gasteiger partial charge in [0.15, 0.2) is 5.75 Å². The van der Waals surface area contributed by atoms with Crippen molar-refractivity contribution in [3.05, 3.63) is 53.8 Å². The zero-order valence-electron chi connectivity index (χ0n) is 17.4. The molecule has 0 unspecified atom stereocenters. The minimum absolute atomic E-state index is 0.00837. The van der Waals surface area contributed by atoms with Gasteiger partial charge in [0.1, 0.15) is 11.5 Å². The number of benzene rings is 1. The summed E-state index contributed by atoms with van der Waals surface area (Å²) in [6.07, 6.45) is 3.20. The van der Waals surface area contributed by atoms with Crippen LogP contribution in [0.15, 0.2) is 48.2 Å². The third kappa shape index (κ3) is 4.10. The minimum atomic E-state index is -0.00837. The first-order chi connectivity index (χ1) is 15.7. The Morgan fingerprint density at radius 1 is 1.12 bits per heavy atom. The molecule has 1 fully saturated rings. The monoisotopic (exact) mass is 447 g/mol. The molecule has 162 valence electrons. The number of amides is 1. The highest BCUT2D eigenvalue weighted by Gasteiger charge is 2.18. The summed E-state index contributed by atoms with van der Waals surface area (Å²) in [5, 5.41) is 6.35. The van der Waals surface area contributed by atoms with E-state index in [1.54, 1.807) is 43.0 Å². The third-order valence-corrected chi connectivity index (χ3v) is 6.04. The topological polar surface area (TPSA) is 105 Å². The van der Waals surface area contributed by atoms with Crippen LogP contribution in [0, 0.1) is 0 Å². The fourth-order valence-electron chi connectivity index (χ4n) is 3.55. The quantitative estimate of drug-likeness (QED) is 0.481. The van der Waals surface area contributed by atoms with Gasteiger partial charge in [-0.05, 0) is 24.3 Å². The van der Waals surface area contributed by atoms with Gasteiger partial charge in [0, 0.05) is 37.9 Å². The summed E-state index contributed by atoms with van der Waals surface area (Å²) in [5.41, 5.74) is 4.83. The number of methoxy groups -OCH3 is 1. The van der Waals surface area contributed by atoms with Crippen LogP contribution in [0.25, 0.3) is 21.5 Å². The van der Waals surface area contributed by atoms with Crippen molar-refractivity contribution < 1.29 is 9.53 Å². The molecule has 1 amide bonds. The predicted molar refractivity (Wildman–Crippen MR) is 123 cm³/mol. The third-order valence-electron chi connectivity index (χ3n) is 5.23. The molecule has 3 aromatic heterocycles. The molecule has 10 heteroatoms. The fraction of sp³-hybridized carbons (Fsp3) is 0.227. The number of aromatic nitrogens is 4. The number of pyridine rings is 1. The highest BCUT2D eigenvalue weighted by atomic mass is 32.1. The number of hydrogen-bond donors (Lipinski definition) is 2. The molecule has 0 spiro atoms. The van der Waals surface area contributed by atoms with E-state index in [1.807, 2.05) is 28.6 Å². The molecule has 0 radical (unpaired) electrons. The Balaban J connectivity index is 1.37. The average Bonchev–Trinajstić information content (AvgIpc) is 3.32. The van der Waals surface area contributed by atoms with Crippen molar-refractivity contribution in [2.24, 2.45) is 0 Å². The molecule has 4 heterocycles. The Morgan fingerprint density at radius 3 is 2.78 bits per heavy atom. The van der Waals surface area contributed by atoms with Crippen molar-refractivity contribution in [1.82, 2.24) is 30.2 Å². The fourth-order valence-corrected chi connectivity index (χ4v) is 4.21. The summed E-state index contributed by atoms with van der Waals surface area (Å²) in [4.78, 5) is 32.2. The standard InChI is InChI=1S/C22H21N7O2S/c1-31-17-12-25-22(28-20(17)14-2-4-18-16(10-14)26-13-32-18)27-19-5-3-15(11-24-19)21(30)29-8-6-23-7-9-29/h2-5,10-13,23H,6-9H2,1H3,(H,24,25,27,28). The lowest BCUT2D eigenvalue weighted by Crippen LogP contribution is -2.46. The lowest BCUT2D eigenvalue weighted by atomic mass is 10.1. The summed E-state index contributed by atoms with van der Waals surface area (Å²) in [5.74, 6) is 1.49. The molecule has 2 N–H and O–H groups in total. The van der Waals surface area contributed by atoms with Crippen molar-refractivity contribution in [3.63, 3.8) is 0 Å². The predicted octanol–water partition coefficient (Wildman–Crippen LogP) is 2.95. The van der Waals surface area contributed by atoms with E-state index in [9.17, 15) is 4.79 Å². The van der Waals surface area contributed by atoms with Gasteiger partial charge in [-0.15, -0.1) is 11.3 Å². The SMILES string of the molecule is COc1cnc(Nc2ccc(C(=O)N3CCNCC3)cn2)nc1-c1ccc2scnc2c1. The number of anilines is 2. The molecule has 0 aliphatic carbocycles. The van der Waals surface area contributed by atoms with Gasteiger partial charge in [0.05, 0.1) is 34.6 Å². The Labute approximate surface area is 188 Å². The van der Waals surface area contributed by atoms with Gasteiger partial charge in [-0.25, -0.2) is 19.9 Å². The molecule has 1 aromatic carbocycles. The van der Waals surface area contributed by atoms with Crippen LogP contribution >= 0.6 is 11.3 Å². The van der Waals surface area contributed by atoms with E-state index in [-0.39, 0.29) is 5.91 Å². The molecular weight excluding hydrogens is 426 g/mol. The molecule has 5 rings (SSSR count). The van der Waals surface area contributed by atoms with Crippen LogP contribution in [-0.2, 0) is 0 Å². The highest BCUT2D eigenvalue weighted by molar-refractivity contribution is 7.16. The molecule has 0 atom stereocenters. The number of thiazole rings is 1. The van der Waals surface area contributed by atoms with Gasteiger partial charge >= 0.3 is 0 Å². The molecule has 9 nitrogen and oxygen atoms in total. The molecule has 32 heavy (non-hydrogen) atoms. The van der Waals surface area contributed by atoms with Crippen LogP contribution in [-0.4, -0.2) is 64.0 Å². The second kappa shape index (κ2) is 8.85. The molecular formula is C22H21N7O2S. The van der Waals surface area contributed by atoms with E-state index in [0.717, 1.165) is 28.9 Å². The smallest absolute Gasteiger partial charge is 0.255 e. The van der Waals surface area contributed by atoms with Gasteiger partial charge in [-0.2, -0.15) is 0 Å². The highest BCUT2D eigenvalue weighted by Crippen LogP contribution is 2.31. The van der Waals surface area contributed by atoms with E-state index >= 15 is 0 Å². The van der Waals surface area contributed by atoms with Crippen LogP contribution < -0.4 is 15.4 Å². The minimum Gasteiger partial charge on any atom is -0.493 e. The maximum atomic E-state index is 12.6. The number of carbonyl (C=O) groups excluding carboxylic acids is 1. The van der Waals surface area contributed by atoms with Crippen LogP contribution in [0.1, 0.15) is 10.4 Å². The summed E-state index contributed by atoms with van der Waals surface area (Å²) in [6.45, 7) is 3.03. The van der Waals surface area contributed by atoms with E-state index in [0.29, 0.717) is 41.9 Å². The first kappa shape index (κ1) is 20.3. The zero-order chi connectivity index (χ0) is 21.9. The van der Waals surface area contributed by atoms with Crippen LogP contribution in [0.5, 0.6) is 5.75 Å². The van der Waals surface area contributed by atoms with Gasteiger partial charge in [-0.1, -0.05) is 6.07 Å². The molecule has 1 aliphatic rings. The molecule has 1 aliphatic heterocycles. The number of fused-ring (bicyclic) bond motifs is 1. The normalized spacial score (nSPS) is 13.8. The van der Waals surface area contributed by atoms with Crippen molar-refractivity contribution in [1.29, 1.82) is 0 Å². The summed E-state index contributed by atoms with van der Waals surface area (Å²) in [7, 11) is 1.59. The maximum absolute atomic E-state index is 12.6. The van der Waals surface area contributed by atoms with Crippen LogP contribution in [0.3, 0.4) is 0 Å². The number of hydrogen-bond acceptors (Lipinski definition) is 9. The molecule has 1 saturated heterocycles. The Hall–Kier alpha value is -3.63. The van der Waals surface area contributed by atoms with Crippen molar-refractivity contribution in [2.75, 3.05) is 38.6 Å². The van der Waals surface area contributed by atoms with E-state index in [4.69, 9.17) is 4.74 Å². The lowest BCUT2D eigenvalue weighted by Gasteiger charge is -2.27. The van der Waals surface area contributed by atoms with Crippen LogP contribution in [0.4, 0.5) is 11.8 Å². The Kier molecular flexibility index (Phi) is 5.61. The number of piperazine rings is 1. The Morgan fingerprint density at radius 2 is 2.00 bits per heavy atom. The zero-order valence-corrected chi connectivity index (χ0v) is 18.2. The molecule has 4 aromatic rings. The van der Waals surface area contributed by atoms with Gasteiger partial charge < -0.3 is 20.3 Å². The number of nitrogens with one attached hydrogen (secondary N) is 2. The van der Waals surface area contributed by atoms with Crippen molar-refractivity contribution in [2.45, 2.75) is 0 Å². The maximum Gasteiger partial charge on any atom is 0.255 e. The first-order valence-corrected chi connectivity index (χ1v) is 11.1. The first-order valence-electron chi connectivity index (χ1n) is 10.2. The Bertz CT molecular complexity index is 1250. The summed E-state index contributed by atoms with van der Waals surface area (Å²) < 4.78 is 6.58. The lowest BCUT2D eigenvalue weighted by molar-refractivity contribution is 0.0735. The number of rotatable bonds is 5. The summed E-state index contributed by atoms with van der Waals surface area (Å²) >= 11 is 1.59. The average molecular weight is 448 g/mol. The van der Waals surface area contributed by atoms with Gasteiger partial charge in [-0.3, -0.25) is 4.79 Å².